The fraction of sp³-hybridized carbons (Fsp3) is 0.432. The Morgan fingerprint density at radius 1 is 0.688 bits per heavy atom. The number of hydrogen-bond acceptors (Lipinski definition) is 11. The molecule has 0 bridgehead atoms. The molecule has 0 unspecified atom stereocenters. The Morgan fingerprint density at radius 3 is 1.65 bits per heavy atom. The third-order valence-corrected chi connectivity index (χ3v) is 7.91. The van der Waals surface area contributed by atoms with Gasteiger partial charge < -0.3 is 38.3 Å². The molecule has 48 heavy (non-hydrogen) atoms. The Balaban J connectivity index is 1.33. The summed E-state index contributed by atoms with van der Waals surface area (Å²) in [6, 6.07) is 10.0. The van der Waals surface area contributed by atoms with Crippen LogP contribution < -0.4 is 14.2 Å². The largest absolute Gasteiger partial charge is 0.508 e. The summed E-state index contributed by atoms with van der Waals surface area (Å²) in [4.78, 5) is 38.3. The molecule has 2 heterocycles. The molecule has 2 aliphatic rings. The number of ether oxygens (including phenoxy) is 7. The van der Waals surface area contributed by atoms with Crippen LogP contribution in [0.25, 0.3) is 12.2 Å². The summed E-state index contributed by atoms with van der Waals surface area (Å²) in [6.45, 7) is 13.0. The second-order valence-corrected chi connectivity index (χ2v) is 13.4. The molecule has 0 amide bonds. The zero-order valence-electron chi connectivity index (χ0n) is 28.7. The summed E-state index contributed by atoms with van der Waals surface area (Å²) < 4.78 is 39.2. The fourth-order valence-corrected chi connectivity index (χ4v) is 4.55. The van der Waals surface area contributed by atoms with Crippen LogP contribution in [0, 0.1) is 17.8 Å². The molecule has 1 N–H and O–H groups in total. The number of hydrogen-bond donors (Lipinski definition) is 1. The van der Waals surface area contributed by atoms with Gasteiger partial charge in [0, 0.05) is 6.08 Å². The lowest BCUT2D eigenvalue weighted by molar-refractivity contribution is -0.280. The number of aliphatic hydroxyl groups is 1. The first kappa shape index (κ1) is 36.5. The number of allylic oxidation sites excluding steroid dienone is 3. The van der Waals surface area contributed by atoms with Gasteiger partial charge in [-0.05, 0) is 102 Å². The molecular formula is C37H44O11. The maximum atomic E-state index is 12.9. The number of aryl methyl sites for hydroxylation is 1. The third-order valence-electron chi connectivity index (χ3n) is 7.91. The number of carbonyl (C=O) groups is 3. The molecule has 0 spiro atoms. The van der Waals surface area contributed by atoms with E-state index in [9.17, 15) is 19.5 Å². The lowest BCUT2D eigenvalue weighted by Gasteiger charge is -2.39. The molecule has 2 aromatic rings. The van der Waals surface area contributed by atoms with Crippen molar-refractivity contribution in [3.8, 4) is 17.2 Å². The minimum atomic E-state index is -0.984. The molecular weight excluding hydrogens is 620 g/mol. The average molecular weight is 665 g/mol. The molecule has 0 atom stereocenters. The molecule has 0 saturated carbocycles. The first-order valence-corrected chi connectivity index (χ1v) is 15.5. The van der Waals surface area contributed by atoms with Crippen molar-refractivity contribution in [2.45, 2.75) is 60.0 Å². The predicted molar refractivity (Wildman–Crippen MR) is 177 cm³/mol. The molecule has 2 saturated heterocycles. The molecule has 11 heteroatoms. The highest BCUT2D eigenvalue weighted by Crippen LogP contribution is 2.35. The maximum Gasteiger partial charge on any atom is 0.322 e. The van der Waals surface area contributed by atoms with Crippen LogP contribution in [0.4, 0.5) is 0 Å². The number of rotatable bonds is 10. The van der Waals surface area contributed by atoms with Gasteiger partial charge in [-0.1, -0.05) is 24.3 Å². The molecule has 11 nitrogen and oxygen atoms in total. The molecule has 0 aliphatic carbocycles. The average Bonchev–Trinajstić information content (AvgIpc) is 3.03. The van der Waals surface area contributed by atoms with Crippen LogP contribution in [0.3, 0.4) is 0 Å². The van der Waals surface area contributed by atoms with Gasteiger partial charge in [-0.15, -0.1) is 0 Å². The van der Waals surface area contributed by atoms with E-state index in [-0.39, 0.29) is 37.9 Å². The van der Waals surface area contributed by atoms with Crippen molar-refractivity contribution in [1.29, 1.82) is 0 Å². The van der Waals surface area contributed by atoms with Crippen molar-refractivity contribution in [3.63, 3.8) is 0 Å². The van der Waals surface area contributed by atoms with Crippen molar-refractivity contribution in [2.75, 3.05) is 33.5 Å². The summed E-state index contributed by atoms with van der Waals surface area (Å²) in [5.41, 5.74) is 0.128. The van der Waals surface area contributed by atoms with Gasteiger partial charge in [0.1, 0.15) is 22.3 Å². The van der Waals surface area contributed by atoms with Gasteiger partial charge in [-0.3, -0.25) is 14.4 Å². The van der Waals surface area contributed by atoms with Gasteiger partial charge in [-0.2, -0.15) is 0 Å². The summed E-state index contributed by atoms with van der Waals surface area (Å²) in [5, 5.41) is 10.3. The van der Waals surface area contributed by atoms with Crippen LogP contribution in [0.1, 0.15) is 58.2 Å². The zero-order chi connectivity index (χ0) is 35.3. The van der Waals surface area contributed by atoms with Gasteiger partial charge in [-0.25, -0.2) is 0 Å². The predicted octanol–water partition coefficient (Wildman–Crippen LogP) is 6.13. The van der Waals surface area contributed by atoms with E-state index in [0.29, 0.717) is 22.6 Å². The molecule has 2 fully saturated rings. The Kier molecular flexibility index (Phi) is 11.0. The number of ketones is 1. The van der Waals surface area contributed by atoms with E-state index in [1.54, 1.807) is 97.0 Å². The van der Waals surface area contributed by atoms with Crippen LogP contribution in [-0.4, -0.2) is 67.9 Å². The van der Waals surface area contributed by atoms with Crippen molar-refractivity contribution >= 4 is 29.9 Å². The minimum Gasteiger partial charge on any atom is -0.508 e. The topological polar surface area (TPSA) is 136 Å². The smallest absolute Gasteiger partial charge is 0.322 e. The van der Waals surface area contributed by atoms with Crippen molar-refractivity contribution in [1.82, 2.24) is 0 Å². The Bertz CT molecular complexity index is 1610. The van der Waals surface area contributed by atoms with E-state index in [4.69, 9.17) is 33.2 Å². The number of benzene rings is 2. The minimum absolute atomic E-state index is 0.147. The standard InChI is InChI=1S/C37H44O11/c1-24-17-25(11-15-29(24)47-32(40)36(6)20-43-34(2,3)44-21-36)9-13-27(38)19-28(39)14-10-26-12-16-30(31(18-26)42-8)48-33(41)37(7)22-45-35(4,5)46-23-37/h9-19,38H,20-23H2,1-8H3/b13-9+,14-10+,27-19?. The van der Waals surface area contributed by atoms with Gasteiger partial charge in [0.2, 0.25) is 0 Å². The molecule has 4 rings (SSSR count). The number of carbonyl (C=O) groups excluding carboxylic acids is 3. The lowest BCUT2D eigenvalue weighted by atomic mass is 9.91. The molecule has 258 valence electrons. The highest BCUT2D eigenvalue weighted by atomic mass is 16.7. The first-order valence-electron chi connectivity index (χ1n) is 15.5. The van der Waals surface area contributed by atoms with Crippen molar-refractivity contribution < 1.29 is 52.6 Å². The SMILES string of the molecule is COc1cc(/C=C/C(=O)C=C(O)/C=C/c2ccc(OC(=O)C3(C)COC(C)(C)OC3)c(C)c2)ccc1OC(=O)C1(C)COC(C)(C)OC1. The monoisotopic (exact) mass is 664 g/mol. The second-order valence-electron chi connectivity index (χ2n) is 13.4. The van der Waals surface area contributed by atoms with E-state index >= 15 is 0 Å². The van der Waals surface area contributed by atoms with Crippen LogP contribution >= 0.6 is 0 Å². The highest BCUT2D eigenvalue weighted by molar-refractivity contribution is 6.02. The third kappa shape index (κ3) is 9.41. The van der Waals surface area contributed by atoms with E-state index in [2.05, 4.69) is 0 Å². The lowest BCUT2D eigenvalue weighted by Crippen LogP contribution is -2.50. The first-order chi connectivity index (χ1) is 22.4. The van der Waals surface area contributed by atoms with Crippen LogP contribution in [-0.2, 0) is 33.3 Å². The Labute approximate surface area is 281 Å². The molecule has 2 aliphatic heterocycles. The van der Waals surface area contributed by atoms with Crippen molar-refractivity contribution in [3.05, 3.63) is 77.1 Å². The summed E-state index contributed by atoms with van der Waals surface area (Å²) in [7, 11) is 1.44. The Hall–Kier alpha value is -4.29. The fourth-order valence-electron chi connectivity index (χ4n) is 4.55. The van der Waals surface area contributed by atoms with E-state index < -0.39 is 40.1 Å². The number of methoxy groups -OCH3 is 1. The van der Waals surface area contributed by atoms with E-state index in [0.717, 1.165) is 11.6 Å². The Morgan fingerprint density at radius 2 is 1.15 bits per heavy atom. The second kappa shape index (κ2) is 14.4. The summed E-state index contributed by atoms with van der Waals surface area (Å²) in [6.07, 6.45) is 6.94. The maximum absolute atomic E-state index is 12.9. The van der Waals surface area contributed by atoms with E-state index in [1.165, 1.54) is 19.3 Å². The number of aliphatic hydroxyl groups excluding tert-OH is 1. The zero-order valence-corrected chi connectivity index (χ0v) is 28.7. The molecule has 2 aromatic carbocycles. The number of esters is 2. The summed E-state index contributed by atoms with van der Waals surface area (Å²) in [5.74, 6) is -2.27. The van der Waals surface area contributed by atoms with Crippen LogP contribution in [0.2, 0.25) is 0 Å². The highest BCUT2D eigenvalue weighted by Gasteiger charge is 2.45. The van der Waals surface area contributed by atoms with Gasteiger partial charge in [0.25, 0.3) is 0 Å². The van der Waals surface area contributed by atoms with Crippen LogP contribution in [0.15, 0.2) is 60.4 Å². The molecule has 0 radical (unpaired) electrons. The summed E-state index contributed by atoms with van der Waals surface area (Å²) >= 11 is 0. The van der Waals surface area contributed by atoms with Gasteiger partial charge >= 0.3 is 11.9 Å². The molecule has 0 aromatic heterocycles. The van der Waals surface area contributed by atoms with Crippen molar-refractivity contribution in [2.24, 2.45) is 10.8 Å². The van der Waals surface area contributed by atoms with E-state index in [1.807, 2.05) is 0 Å². The van der Waals surface area contributed by atoms with Gasteiger partial charge in [0.15, 0.2) is 28.9 Å². The quantitative estimate of drug-likeness (QED) is 0.103. The normalized spacial score (nSPS) is 20.0. The van der Waals surface area contributed by atoms with Crippen LogP contribution in [0.5, 0.6) is 17.2 Å². The van der Waals surface area contributed by atoms with Gasteiger partial charge in [0.05, 0.1) is 33.5 Å².